The van der Waals surface area contributed by atoms with Gasteiger partial charge in [0, 0.05) is 32.1 Å². The van der Waals surface area contributed by atoms with Crippen LogP contribution in [0.3, 0.4) is 0 Å². The minimum atomic E-state index is -0.168. The number of nitrogens with zero attached hydrogens (tertiary/aromatic N) is 2. The normalized spacial score (nSPS) is 21.3. The Bertz CT molecular complexity index is 1430. The number of para-hydroxylation sites is 2. The van der Waals surface area contributed by atoms with Crippen molar-refractivity contribution in [1.82, 2.24) is 5.16 Å². The van der Waals surface area contributed by atoms with Crippen LogP contribution in [0.5, 0.6) is 5.75 Å². The first-order chi connectivity index (χ1) is 18.3. The third kappa shape index (κ3) is 5.19. The molecule has 1 N–H and O–H groups in total. The molecule has 38 heavy (non-hydrogen) atoms. The van der Waals surface area contributed by atoms with Gasteiger partial charge >= 0.3 is 0 Å². The Morgan fingerprint density at radius 2 is 1.79 bits per heavy atom. The van der Waals surface area contributed by atoms with Crippen LogP contribution in [0.15, 0.2) is 75.4 Å². The maximum Gasteiger partial charge on any atom is 0.168 e. The predicted octanol–water partition coefficient (Wildman–Crippen LogP) is 6.50. The van der Waals surface area contributed by atoms with Gasteiger partial charge in [-0.05, 0) is 35.4 Å². The third-order valence-electron chi connectivity index (χ3n) is 7.33. The predicted molar refractivity (Wildman–Crippen MR) is 144 cm³/mol. The summed E-state index contributed by atoms with van der Waals surface area (Å²) in [6.07, 6.45) is 2.29. The SMILES string of the molecule is COc1ccccc1N=C1CC(c2ccccc2)CC(=O)C1=C(O)CCc1noc2c1C(=O)CC(C)(C)C2. The van der Waals surface area contributed by atoms with Crippen molar-refractivity contribution >= 4 is 23.0 Å². The van der Waals surface area contributed by atoms with E-state index in [2.05, 4.69) is 5.16 Å². The Balaban J connectivity index is 1.47. The fourth-order valence-corrected chi connectivity index (χ4v) is 5.50. The first-order valence-corrected chi connectivity index (χ1v) is 13.0. The first-order valence-electron chi connectivity index (χ1n) is 13.0. The van der Waals surface area contributed by atoms with Gasteiger partial charge in [-0.3, -0.25) is 9.59 Å². The van der Waals surface area contributed by atoms with Gasteiger partial charge in [0.1, 0.15) is 23.0 Å². The van der Waals surface area contributed by atoms with E-state index in [-0.39, 0.29) is 53.5 Å². The monoisotopic (exact) mass is 512 g/mol. The highest BCUT2D eigenvalue weighted by molar-refractivity contribution is 6.25. The Labute approximate surface area is 222 Å². The standard InChI is InChI=1S/C31H32N2O5/c1-31(2)17-26(36)30-22(33-38-28(30)18-31)13-14-24(34)29-23(32-21-11-7-8-12-27(21)37-3)15-20(16-25(29)35)19-9-5-4-6-10-19/h4-12,20,34H,13-18H2,1-3H3. The van der Waals surface area contributed by atoms with Crippen LogP contribution in [0.4, 0.5) is 5.69 Å². The Kier molecular flexibility index (Phi) is 7.02. The number of aromatic nitrogens is 1. The molecule has 1 atom stereocenters. The second kappa shape index (κ2) is 10.4. The molecule has 0 spiro atoms. The molecule has 1 fully saturated rings. The number of aliphatic hydroxyl groups is 1. The van der Waals surface area contributed by atoms with Crippen LogP contribution in [-0.4, -0.2) is 34.7 Å². The lowest BCUT2D eigenvalue weighted by Crippen LogP contribution is -2.27. The second-order valence-electron chi connectivity index (χ2n) is 10.9. The molecule has 5 rings (SSSR count). The lowest BCUT2D eigenvalue weighted by atomic mass is 9.76. The minimum absolute atomic E-state index is 0.0116. The fourth-order valence-electron chi connectivity index (χ4n) is 5.50. The molecule has 7 nitrogen and oxygen atoms in total. The van der Waals surface area contributed by atoms with Crippen molar-refractivity contribution in [3.05, 3.63) is 88.5 Å². The van der Waals surface area contributed by atoms with E-state index in [0.29, 0.717) is 53.4 Å². The Hall–Kier alpha value is -4.00. The molecule has 0 aliphatic heterocycles. The zero-order valence-corrected chi connectivity index (χ0v) is 22.0. The quantitative estimate of drug-likeness (QED) is 0.299. The van der Waals surface area contributed by atoms with Gasteiger partial charge < -0.3 is 14.4 Å². The van der Waals surface area contributed by atoms with E-state index < -0.39 is 0 Å². The molecule has 0 amide bonds. The van der Waals surface area contributed by atoms with E-state index in [1.165, 1.54) is 0 Å². The van der Waals surface area contributed by atoms with E-state index >= 15 is 0 Å². The zero-order chi connectivity index (χ0) is 26.9. The van der Waals surface area contributed by atoms with Gasteiger partial charge in [0.25, 0.3) is 0 Å². The number of hydrogen-bond acceptors (Lipinski definition) is 7. The summed E-state index contributed by atoms with van der Waals surface area (Å²) < 4.78 is 11.0. The van der Waals surface area contributed by atoms with Gasteiger partial charge in [-0.1, -0.05) is 61.5 Å². The van der Waals surface area contributed by atoms with Gasteiger partial charge in [0.15, 0.2) is 11.6 Å². The number of allylic oxidation sites excluding steroid dienone is 2. The highest BCUT2D eigenvalue weighted by Crippen LogP contribution is 2.38. The summed E-state index contributed by atoms with van der Waals surface area (Å²) in [5.74, 6) is 0.955. The van der Waals surface area contributed by atoms with Crippen molar-refractivity contribution in [2.24, 2.45) is 10.4 Å². The molecule has 196 valence electrons. The molecule has 3 aromatic rings. The minimum Gasteiger partial charge on any atom is -0.511 e. The number of aliphatic hydroxyl groups excluding tert-OH is 1. The Morgan fingerprint density at radius 3 is 2.55 bits per heavy atom. The number of hydrogen-bond donors (Lipinski definition) is 1. The lowest BCUT2D eigenvalue weighted by molar-refractivity contribution is -0.116. The molecular weight excluding hydrogens is 480 g/mol. The van der Waals surface area contributed by atoms with Crippen LogP contribution in [0, 0.1) is 5.41 Å². The maximum absolute atomic E-state index is 13.5. The summed E-state index contributed by atoms with van der Waals surface area (Å²) in [7, 11) is 1.58. The summed E-state index contributed by atoms with van der Waals surface area (Å²) in [6.45, 7) is 4.07. The zero-order valence-electron chi connectivity index (χ0n) is 22.0. The number of ketones is 2. The highest BCUT2D eigenvalue weighted by atomic mass is 16.5. The average molecular weight is 513 g/mol. The van der Waals surface area contributed by atoms with Crippen LogP contribution in [0.2, 0.25) is 0 Å². The highest BCUT2D eigenvalue weighted by Gasteiger charge is 2.37. The van der Waals surface area contributed by atoms with Crippen LogP contribution in [-0.2, 0) is 17.6 Å². The number of fused-ring (bicyclic) bond motifs is 1. The second-order valence-corrected chi connectivity index (χ2v) is 10.9. The van der Waals surface area contributed by atoms with E-state index in [1.807, 2.05) is 68.4 Å². The average Bonchev–Trinajstić information content (AvgIpc) is 3.30. The lowest BCUT2D eigenvalue weighted by Gasteiger charge is -2.27. The van der Waals surface area contributed by atoms with Gasteiger partial charge in [-0.2, -0.15) is 0 Å². The van der Waals surface area contributed by atoms with Gasteiger partial charge in [-0.25, -0.2) is 4.99 Å². The molecule has 1 aromatic heterocycles. The summed E-state index contributed by atoms with van der Waals surface area (Å²) in [4.78, 5) is 31.1. The molecule has 0 saturated heterocycles. The van der Waals surface area contributed by atoms with Gasteiger partial charge in [0.05, 0.1) is 29.7 Å². The third-order valence-corrected chi connectivity index (χ3v) is 7.33. The molecule has 2 aromatic carbocycles. The van der Waals surface area contributed by atoms with Crippen molar-refractivity contribution in [2.75, 3.05) is 7.11 Å². The van der Waals surface area contributed by atoms with E-state index in [4.69, 9.17) is 14.3 Å². The number of benzene rings is 2. The van der Waals surface area contributed by atoms with Gasteiger partial charge in [-0.15, -0.1) is 0 Å². The topological polar surface area (TPSA) is 102 Å². The van der Waals surface area contributed by atoms with E-state index in [1.54, 1.807) is 7.11 Å². The molecule has 1 saturated carbocycles. The summed E-state index contributed by atoms with van der Waals surface area (Å²) in [5, 5.41) is 15.4. The van der Waals surface area contributed by atoms with Crippen molar-refractivity contribution in [3.8, 4) is 5.75 Å². The molecule has 1 heterocycles. The summed E-state index contributed by atoms with van der Waals surface area (Å²) >= 11 is 0. The van der Waals surface area contributed by atoms with E-state index in [9.17, 15) is 14.7 Å². The van der Waals surface area contributed by atoms with Crippen LogP contribution < -0.4 is 4.74 Å². The molecule has 7 heteroatoms. The number of aryl methyl sites for hydroxylation is 1. The first kappa shape index (κ1) is 25.6. The number of ether oxygens (including phenoxy) is 1. The Morgan fingerprint density at radius 1 is 1.05 bits per heavy atom. The van der Waals surface area contributed by atoms with Crippen LogP contribution >= 0.6 is 0 Å². The number of carbonyl (C=O) groups is 2. The smallest absolute Gasteiger partial charge is 0.168 e. The fraction of sp³-hybridized carbons (Fsp3) is 0.355. The molecule has 2 aliphatic rings. The van der Waals surface area contributed by atoms with Gasteiger partial charge in [0.2, 0.25) is 0 Å². The molecule has 2 aliphatic carbocycles. The van der Waals surface area contributed by atoms with Crippen molar-refractivity contribution < 1.29 is 24.0 Å². The van der Waals surface area contributed by atoms with Crippen molar-refractivity contribution in [2.45, 2.75) is 58.3 Å². The number of methoxy groups -OCH3 is 1. The van der Waals surface area contributed by atoms with Crippen molar-refractivity contribution in [1.29, 1.82) is 0 Å². The van der Waals surface area contributed by atoms with Crippen LogP contribution in [0.1, 0.15) is 72.8 Å². The molecular formula is C31H32N2O5. The largest absolute Gasteiger partial charge is 0.511 e. The summed E-state index contributed by atoms with van der Waals surface area (Å²) in [6, 6.07) is 17.2. The number of rotatable bonds is 6. The maximum atomic E-state index is 13.5. The van der Waals surface area contributed by atoms with E-state index in [0.717, 1.165) is 5.56 Å². The number of Topliss-reactive ketones (excluding diaryl/α,β-unsaturated/α-hetero) is 2. The van der Waals surface area contributed by atoms with Crippen LogP contribution in [0.25, 0.3) is 0 Å². The molecule has 1 unspecified atom stereocenters. The summed E-state index contributed by atoms with van der Waals surface area (Å²) in [5.41, 5.74) is 3.31. The molecule has 0 radical (unpaired) electrons. The molecule has 0 bridgehead atoms. The number of carbonyl (C=O) groups excluding carboxylic acids is 2. The number of aliphatic imine (C=N–C) groups is 1. The van der Waals surface area contributed by atoms with Crippen molar-refractivity contribution in [3.63, 3.8) is 0 Å².